The lowest BCUT2D eigenvalue weighted by Crippen LogP contribution is -2.31. The van der Waals surface area contributed by atoms with Crippen molar-refractivity contribution in [1.82, 2.24) is 39.7 Å². The van der Waals surface area contributed by atoms with Gasteiger partial charge in [-0.1, -0.05) is 11.8 Å². The van der Waals surface area contributed by atoms with Crippen LogP contribution in [-0.4, -0.2) is 154 Å². The van der Waals surface area contributed by atoms with E-state index in [4.69, 9.17) is 42.6 Å². The van der Waals surface area contributed by atoms with E-state index >= 15 is 0 Å². The van der Waals surface area contributed by atoms with Crippen LogP contribution in [0.1, 0.15) is 59.6 Å². The number of aliphatic carboxylic acids is 2. The van der Waals surface area contributed by atoms with E-state index < -0.39 is 40.2 Å². The summed E-state index contributed by atoms with van der Waals surface area (Å²) in [5.74, 6) is 4.64. The number of carbonyl (C=O) groups is 3. The molecule has 1 amide bonds. The van der Waals surface area contributed by atoms with Crippen LogP contribution in [0.4, 0.5) is 0 Å². The molecule has 3 heterocycles. The van der Waals surface area contributed by atoms with Gasteiger partial charge in [-0.25, -0.2) is 14.3 Å². The largest absolute Gasteiger partial charge is 0.698 e. The predicted molar refractivity (Wildman–Crippen MR) is 236 cm³/mol. The maximum absolute atomic E-state index is 13.4. The number of amides is 1. The van der Waals surface area contributed by atoms with Crippen LogP contribution in [0.3, 0.4) is 0 Å². The second-order valence-electron chi connectivity index (χ2n) is 14.1. The van der Waals surface area contributed by atoms with Crippen LogP contribution in [0.5, 0.6) is 11.5 Å². The molecule has 0 aliphatic heterocycles. The van der Waals surface area contributed by atoms with Crippen molar-refractivity contribution in [3.8, 4) is 35.0 Å². The van der Waals surface area contributed by atoms with E-state index in [0.717, 1.165) is 0 Å². The van der Waals surface area contributed by atoms with Crippen LogP contribution in [0.15, 0.2) is 48.8 Å². The number of ether oxygens (including phenoxy) is 4. The Bertz CT molecular complexity index is 2370. The molecule has 4 aromatic rings. The van der Waals surface area contributed by atoms with Gasteiger partial charge >= 0.3 is 27.8 Å². The third kappa shape index (κ3) is 18.0. The van der Waals surface area contributed by atoms with Crippen molar-refractivity contribution in [1.29, 1.82) is 0 Å². The van der Waals surface area contributed by atoms with E-state index in [2.05, 4.69) is 27.4 Å². The average Bonchev–Trinajstić information content (AvgIpc) is 3.93. The number of pyridine rings is 1. The first-order valence-electron chi connectivity index (χ1n) is 20.5. The van der Waals surface area contributed by atoms with Crippen molar-refractivity contribution >= 4 is 33.7 Å². The van der Waals surface area contributed by atoms with Crippen molar-refractivity contribution in [3.63, 3.8) is 0 Å². The monoisotopic (exact) mass is 961 g/mol. The standard InChI is InChI=1S/C41H54N8O15P2/c1-6-62-65(55)63-28-47(27-40(52)53)26-33-13-16-49(45-33)38-22-30(21-37(43-38)48-15-12-32(44-48)25-46(3)29-66(56,57)64-7-2)10-11-31-23-36(61-20-18-59-5)34(24-35(31)60-19-17-58-4)41(54)42-14-8-9-39(50)51/h12-13,15-16,21-24H,6-9,14,17-20,25-29H2,1-5H3,(H3-,42,50,51,52,53,54,56,57)/p+1. The van der Waals surface area contributed by atoms with Gasteiger partial charge < -0.3 is 43.9 Å². The highest BCUT2D eigenvalue weighted by Crippen LogP contribution is 2.42. The van der Waals surface area contributed by atoms with Gasteiger partial charge in [0.2, 0.25) is 0 Å². The molecule has 4 N–H and O–H groups in total. The number of methoxy groups -OCH3 is 2. The molecular formula is C41H55N8O15P2+. The van der Waals surface area contributed by atoms with Gasteiger partial charge in [-0.2, -0.15) is 10.2 Å². The Kier molecular flexibility index (Phi) is 21.8. The highest BCUT2D eigenvalue weighted by atomic mass is 31.2. The smallest absolute Gasteiger partial charge is 0.490 e. The molecule has 0 saturated carbocycles. The van der Waals surface area contributed by atoms with Crippen LogP contribution in [0, 0.1) is 11.8 Å². The normalized spacial score (nSPS) is 12.4. The van der Waals surface area contributed by atoms with Crippen molar-refractivity contribution in [3.05, 3.63) is 76.9 Å². The second-order valence-corrected chi connectivity index (χ2v) is 16.9. The SMILES string of the molecule is CCO[P+](=O)OCN(CC(=O)O)Cc1ccn(-c2cc(C#Cc3cc(OCCOC)c(C(=O)NCCCC(=O)O)cc3OCCOC)cc(-n3ccc(CN(C)CP(=O)(O)OCC)n3)n2)n1. The van der Waals surface area contributed by atoms with Gasteiger partial charge in [0.15, 0.2) is 18.4 Å². The number of carbonyl (C=O) groups excluding carboxylic acids is 1. The molecule has 3 aromatic heterocycles. The Hall–Kier alpha value is -5.63. The summed E-state index contributed by atoms with van der Waals surface area (Å²) in [6.45, 7) is 3.70. The minimum Gasteiger partial charge on any atom is -0.490 e. The van der Waals surface area contributed by atoms with Crippen LogP contribution < -0.4 is 14.8 Å². The molecule has 2 unspecified atom stereocenters. The zero-order valence-electron chi connectivity index (χ0n) is 37.3. The van der Waals surface area contributed by atoms with Crippen LogP contribution >= 0.6 is 15.9 Å². The number of aromatic nitrogens is 5. The minimum atomic E-state index is -3.85. The summed E-state index contributed by atoms with van der Waals surface area (Å²) in [4.78, 5) is 54.0. The number of hydrogen-bond acceptors (Lipinski definition) is 17. The van der Waals surface area contributed by atoms with Crippen molar-refractivity contribution in [2.45, 2.75) is 39.8 Å². The number of nitrogens with zero attached hydrogens (tertiary/aromatic N) is 7. The first-order chi connectivity index (χ1) is 31.6. The highest BCUT2D eigenvalue weighted by molar-refractivity contribution is 7.52. The number of benzene rings is 1. The van der Waals surface area contributed by atoms with Gasteiger partial charge in [0, 0.05) is 68.9 Å². The first kappa shape index (κ1) is 53.0. The number of rotatable bonds is 30. The lowest BCUT2D eigenvalue weighted by Gasteiger charge is -2.18. The molecule has 4 rings (SSSR count). The summed E-state index contributed by atoms with van der Waals surface area (Å²) >= 11 is 0. The van der Waals surface area contributed by atoms with E-state index in [1.807, 2.05) is 0 Å². The lowest BCUT2D eigenvalue weighted by molar-refractivity contribution is -0.139. The third-order valence-electron chi connectivity index (χ3n) is 8.67. The topological polar surface area (TPSA) is 278 Å². The highest BCUT2D eigenvalue weighted by Gasteiger charge is 2.24. The van der Waals surface area contributed by atoms with Gasteiger partial charge in [0.05, 0.1) is 48.9 Å². The van der Waals surface area contributed by atoms with E-state index in [-0.39, 0.29) is 108 Å². The average molecular weight is 962 g/mol. The second kappa shape index (κ2) is 27.1. The van der Waals surface area contributed by atoms with E-state index in [0.29, 0.717) is 28.3 Å². The third-order valence-corrected chi connectivity index (χ3v) is 11.0. The summed E-state index contributed by atoms with van der Waals surface area (Å²) in [6, 6.07) is 9.75. The fraction of sp³-hybridized carbons (Fsp3) is 0.463. The molecular weight excluding hydrogens is 906 g/mol. The molecule has 1 aromatic carbocycles. The molecule has 0 aliphatic carbocycles. The van der Waals surface area contributed by atoms with Crippen molar-refractivity contribution in [2.75, 3.05) is 87.0 Å². The lowest BCUT2D eigenvalue weighted by atomic mass is 10.1. The van der Waals surface area contributed by atoms with Gasteiger partial charge in [-0.15, -0.1) is 9.05 Å². The molecule has 25 heteroatoms. The summed E-state index contributed by atoms with van der Waals surface area (Å²) < 4.78 is 64.8. The molecule has 0 bridgehead atoms. The van der Waals surface area contributed by atoms with E-state index in [9.17, 15) is 33.5 Å². The summed E-state index contributed by atoms with van der Waals surface area (Å²) in [5.41, 5.74) is 1.86. The minimum absolute atomic E-state index is 0.00195. The van der Waals surface area contributed by atoms with Crippen LogP contribution in [0.2, 0.25) is 0 Å². The number of carboxylic acid groups (broad SMARTS) is 2. The van der Waals surface area contributed by atoms with Crippen molar-refractivity contribution in [2.24, 2.45) is 0 Å². The van der Waals surface area contributed by atoms with E-state index in [1.54, 1.807) is 68.5 Å². The molecule has 0 aliphatic rings. The molecule has 66 heavy (non-hydrogen) atoms. The Morgan fingerprint density at radius 2 is 1.48 bits per heavy atom. The predicted octanol–water partition coefficient (Wildman–Crippen LogP) is 3.66. The Balaban J connectivity index is 1.78. The Morgan fingerprint density at radius 3 is 2.08 bits per heavy atom. The molecule has 0 saturated heterocycles. The zero-order chi connectivity index (χ0) is 48.1. The van der Waals surface area contributed by atoms with Crippen molar-refractivity contribution < 1.29 is 71.1 Å². The summed E-state index contributed by atoms with van der Waals surface area (Å²) in [7, 11) is -1.63. The first-order valence-corrected chi connectivity index (χ1v) is 23.4. The Labute approximate surface area is 382 Å². The number of hydrogen-bond donors (Lipinski definition) is 4. The quantitative estimate of drug-likeness (QED) is 0.0251. The maximum Gasteiger partial charge on any atom is 0.698 e. The summed E-state index contributed by atoms with van der Waals surface area (Å²) in [6.07, 6.45) is 3.15. The fourth-order valence-corrected chi connectivity index (χ4v) is 7.63. The number of nitrogens with one attached hydrogen (secondary N) is 1. The molecule has 23 nitrogen and oxygen atoms in total. The molecule has 0 radical (unpaired) electrons. The molecule has 0 spiro atoms. The van der Waals surface area contributed by atoms with E-state index in [1.165, 1.54) is 34.5 Å². The molecule has 0 fully saturated rings. The maximum atomic E-state index is 13.4. The van der Waals surface area contributed by atoms with Gasteiger partial charge in [-0.05, 0) is 57.6 Å². The zero-order valence-corrected chi connectivity index (χ0v) is 39.1. The van der Waals surface area contributed by atoms with Gasteiger partial charge in [-0.3, -0.25) is 28.7 Å². The Morgan fingerprint density at radius 1 is 0.848 bits per heavy atom. The fourth-order valence-electron chi connectivity index (χ4n) is 5.89. The van der Waals surface area contributed by atoms with Gasteiger partial charge in [0.25, 0.3) is 5.91 Å². The summed E-state index contributed by atoms with van der Waals surface area (Å²) in [5, 5.41) is 30.6. The molecule has 2 atom stereocenters. The number of carboxylic acids is 2. The molecule has 358 valence electrons. The van der Waals surface area contributed by atoms with Crippen LogP contribution in [0.25, 0.3) is 11.6 Å². The van der Waals surface area contributed by atoms with Crippen LogP contribution in [-0.2, 0) is 54.9 Å². The van der Waals surface area contributed by atoms with Gasteiger partial charge in [0.1, 0.15) is 37.6 Å².